The van der Waals surface area contributed by atoms with E-state index in [4.69, 9.17) is 0 Å². The first kappa shape index (κ1) is 19.1. The molecule has 3 heterocycles. The number of carbonyl (C=O) groups excluding carboxylic acids is 2. The van der Waals surface area contributed by atoms with Crippen LogP contribution in [-0.4, -0.2) is 46.4 Å². The van der Waals surface area contributed by atoms with E-state index in [0.717, 1.165) is 29.5 Å². The third-order valence-electron chi connectivity index (χ3n) is 5.97. The van der Waals surface area contributed by atoms with Crippen LogP contribution in [0.2, 0.25) is 0 Å². The summed E-state index contributed by atoms with van der Waals surface area (Å²) in [5, 5.41) is 3.44. The molecule has 4 rings (SSSR count). The van der Waals surface area contributed by atoms with Crippen LogP contribution in [0.15, 0.2) is 11.1 Å². The Bertz CT molecular complexity index is 956. The summed E-state index contributed by atoms with van der Waals surface area (Å²) in [6.45, 7) is 1.54. The maximum atomic E-state index is 13.0. The van der Waals surface area contributed by atoms with E-state index in [1.54, 1.807) is 29.3 Å². The Hall–Kier alpha value is -2.22. The van der Waals surface area contributed by atoms with Crippen LogP contribution in [0, 0.1) is 5.92 Å². The Labute approximate surface area is 167 Å². The number of hydrogen-bond acceptors (Lipinski definition) is 5. The summed E-state index contributed by atoms with van der Waals surface area (Å²) in [7, 11) is 1.65. The Morgan fingerprint density at radius 2 is 2.00 bits per heavy atom. The number of amides is 2. The molecule has 0 spiro atoms. The molecule has 8 heteroatoms. The number of nitrogens with zero attached hydrogens (tertiary/aromatic N) is 3. The number of aromatic nitrogens is 2. The Morgan fingerprint density at radius 3 is 2.75 bits per heavy atom. The predicted molar refractivity (Wildman–Crippen MR) is 109 cm³/mol. The fraction of sp³-hybridized carbons (Fsp3) is 0.600. The highest BCUT2D eigenvalue weighted by atomic mass is 32.1. The summed E-state index contributed by atoms with van der Waals surface area (Å²) in [6.07, 6.45) is 7.55. The van der Waals surface area contributed by atoms with Gasteiger partial charge in [-0.3, -0.25) is 19.0 Å². The molecule has 2 aromatic rings. The first-order chi connectivity index (χ1) is 13.6. The van der Waals surface area contributed by atoms with Crippen LogP contribution in [0.25, 0.3) is 10.2 Å². The van der Waals surface area contributed by atoms with Crippen molar-refractivity contribution in [2.24, 2.45) is 5.92 Å². The van der Waals surface area contributed by atoms with E-state index in [9.17, 15) is 14.4 Å². The molecule has 150 valence electrons. The zero-order valence-electron chi connectivity index (χ0n) is 16.2. The number of hydrogen-bond donors (Lipinski definition) is 1. The van der Waals surface area contributed by atoms with E-state index in [0.29, 0.717) is 32.5 Å². The van der Waals surface area contributed by atoms with Gasteiger partial charge in [-0.05, 0) is 44.1 Å². The normalized spacial score (nSPS) is 17.5. The van der Waals surface area contributed by atoms with Crippen LogP contribution < -0.4 is 10.9 Å². The van der Waals surface area contributed by atoms with Crippen LogP contribution in [0.5, 0.6) is 0 Å². The van der Waals surface area contributed by atoms with Gasteiger partial charge in [-0.2, -0.15) is 0 Å². The lowest BCUT2D eigenvalue weighted by molar-refractivity contribution is -0.135. The molecule has 1 N–H and O–H groups in total. The number of thiophene rings is 1. The molecule has 0 atom stereocenters. The van der Waals surface area contributed by atoms with Gasteiger partial charge >= 0.3 is 0 Å². The van der Waals surface area contributed by atoms with Crippen molar-refractivity contribution in [1.29, 1.82) is 0 Å². The van der Waals surface area contributed by atoms with Gasteiger partial charge in [0, 0.05) is 43.9 Å². The van der Waals surface area contributed by atoms with Crippen molar-refractivity contribution in [2.45, 2.75) is 51.5 Å². The van der Waals surface area contributed by atoms with Gasteiger partial charge in [-0.1, -0.05) is 0 Å². The summed E-state index contributed by atoms with van der Waals surface area (Å²) in [4.78, 5) is 45.7. The minimum Gasteiger partial charge on any atom is -0.359 e. The highest BCUT2D eigenvalue weighted by molar-refractivity contribution is 7.18. The van der Waals surface area contributed by atoms with Crippen molar-refractivity contribution in [1.82, 2.24) is 19.8 Å². The number of nitrogens with one attached hydrogen (secondary N) is 1. The average Bonchev–Trinajstić information content (AvgIpc) is 3.12. The summed E-state index contributed by atoms with van der Waals surface area (Å²) >= 11 is 1.64. The zero-order valence-corrected chi connectivity index (χ0v) is 17.0. The molecule has 0 aromatic carbocycles. The molecule has 28 heavy (non-hydrogen) atoms. The third-order valence-corrected chi connectivity index (χ3v) is 7.17. The second-order valence-electron chi connectivity index (χ2n) is 7.65. The highest BCUT2D eigenvalue weighted by Gasteiger charge is 2.26. The largest absolute Gasteiger partial charge is 0.359 e. The van der Waals surface area contributed by atoms with Gasteiger partial charge in [-0.25, -0.2) is 4.98 Å². The topological polar surface area (TPSA) is 84.3 Å². The van der Waals surface area contributed by atoms with Crippen LogP contribution in [0.1, 0.15) is 42.5 Å². The molecule has 2 aliphatic rings. The second kappa shape index (κ2) is 8.03. The number of aryl methyl sites for hydroxylation is 3. The molecule has 7 nitrogen and oxygen atoms in total. The van der Waals surface area contributed by atoms with E-state index >= 15 is 0 Å². The molecule has 1 fully saturated rings. The van der Waals surface area contributed by atoms with E-state index in [-0.39, 0.29) is 29.7 Å². The predicted octanol–water partition coefficient (Wildman–Crippen LogP) is 1.71. The molecule has 1 saturated heterocycles. The fourth-order valence-corrected chi connectivity index (χ4v) is 5.53. The molecular weight excluding hydrogens is 376 g/mol. The number of rotatable bonds is 4. The average molecular weight is 403 g/mol. The highest BCUT2D eigenvalue weighted by Crippen LogP contribution is 2.33. The summed E-state index contributed by atoms with van der Waals surface area (Å²) in [5.41, 5.74) is 1.16. The van der Waals surface area contributed by atoms with E-state index in [1.807, 2.05) is 4.90 Å². The molecule has 0 radical (unpaired) electrons. The van der Waals surface area contributed by atoms with Crippen molar-refractivity contribution in [2.75, 3.05) is 20.1 Å². The molecule has 2 aromatic heterocycles. The molecule has 0 unspecified atom stereocenters. The quantitative estimate of drug-likeness (QED) is 0.844. The van der Waals surface area contributed by atoms with Gasteiger partial charge in [0.25, 0.3) is 5.56 Å². The van der Waals surface area contributed by atoms with Gasteiger partial charge in [0.1, 0.15) is 4.83 Å². The summed E-state index contributed by atoms with van der Waals surface area (Å²) in [5.74, 6) is 0.0832. The first-order valence-corrected chi connectivity index (χ1v) is 10.9. The standard InChI is InChI=1S/C20H26N4O3S/c1-21-18(26)13-6-9-23(10-7-13)16(25)8-11-24-12-22-19-17(20(24)27)14-4-2-3-5-15(14)28-19/h12-13H,2-11H2,1H3,(H,21,26). The van der Waals surface area contributed by atoms with Gasteiger partial charge in [0.15, 0.2) is 0 Å². The molecule has 1 aliphatic carbocycles. The van der Waals surface area contributed by atoms with Gasteiger partial charge in [-0.15, -0.1) is 11.3 Å². The van der Waals surface area contributed by atoms with E-state index in [1.165, 1.54) is 16.9 Å². The molecule has 0 bridgehead atoms. The lowest BCUT2D eigenvalue weighted by atomic mass is 9.96. The molecular formula is C20H26N4O3S. The van der Waals surface area contributed by atoms with Crippen LogP contribution in [0.3, 0.4) is 0 Å². The van der Waals surface area contributed by atoms with E-state index < -0.39 is 0 Å². The SMILES string of the molecule is CNC(=O)C1CCN(C(=O)CCn2cnc3sc4c(c3c2=O)CCCC4)CC1. The summed E-state index contributed by atoms with van der Waals surface area (Å²) in [6, 6.07) is 0. The number of piperidine rings is 1. The Morgan fingerprint density at radius 1 is 1.25 bits per heavy atom. The first-order valence-electron chi connectivity index (χ1n) is 10.1. The lowest BCUT2D eigenvalue weighted by Crippen LogP contribution is -2.42. The Kier molecular flexibility index (Phi) is 5.48. The van der Waals surface area contributed by atoms with Gasteiger partial charge in [0.2, 0.25) is 11.8 Å². The van der Waals surface area contributed by atoms with Gasteiger partial charge in [0.05, 0.1) is 11.7 Å². The monoisotopic (exact) mass is 402 g/mol. The lowest BCUT2D eigenvalue weighted by Gasteiger charge is -2.31. The minimum absolute atomic E-state index is 0.00644. The van der Waals surface area contributed by atoms with Crippen molar-refractivity contribution in [3.63, 3.8) is 0 Å². The second-order valence-corrected chi connectivity index (χ2v) is 8.74. The van der Waals surface area contributed by atoms with E-state index in [2.05, 4.69) is 10.3 Å². The van der Waals surface area contributed by atoms with Gasteiger partial charge < -0.3 is 10.2 Å². The number of fused-ring (bicyclic) bond motifs is 3. The maximum absolute atomic E-state index is 13.0. The third kappa shape index (κ3) is 3.57. The smallest absolute Gasteiger partial charge is 0.262 e. The van der Waals surface area contributed by atoms with Crippen LogP contribution >= 0.6 is 11.3 Å². The maximum Gasteiger partial charge on any atom is 0.262 e. The minimum atomic E-state index is -0.0180. The number of carbonyl (C=O) groups is 2. The van der Waals surface area contributed by atoms with Crippen molar-refractivity contribution < 1.29 is 9.59 Å². The van der Waals surface area contributed by atoms with Crippen molar-refractivity contribution in [3.05, 3.63) is 27.1 Å². The van der Waals surface area contributed by atoms with Crippen molar-refractivity contribution in [3.8, 4) is 0 Å². The Balaban J connectivity index is 1.42. The number of likely N-dealkylation sites (tertiary alicyclic amines) is 1. The van der Waals surface area contributed by atoms with Crippen LogP contribution in [-0.2, 0) is 29.0 Å². The molecule has 0 saturated carbocycles. The molecule has 2 amide bonds. The summed E-state index contributed by atoms with van der Waals surface area (Å²) < 4.78 is 1.58. The fourth-order valence-electron chi connectivity index (χ4n) is 4.31. The van der Waals surface area contributed by atoms with Crippen LogP contribution in [0.4, 0.5) is 0 Å². The molecule has 1 aliphatic heterocycles. The van der Waals surface area contributed by atoms with Crippen molar-refractivity contribution >= 4 is 33.4 Å². The zero-order chi connectivity index (χ0) is 19.7.